The van der Waals surface area contributed by atoms with E-state index in [4.69, 9.17) is 0 Å². The van der Waals surface area contributed by atoms with Crippen LogP contribution >= 0.6 is 24.0 Å². The first-order valence-corrected chi connectivity index (χ1v) is 9.18. The third-order valence-corrected chi connectivity index (χ3v) is 5.01. The van der Waals surface area contributed by atoms with E-state index in [0.29, 0.717) is 18.6 Å². The van der Waals surface area contributed by atoms with Crippen molar-refractivity contribution in [2.24, 2.45) is 4.99 Å². The fourth-order valence-electron chi connectivity index (χ4n) is 3.53. The van der Waals surface area contributed by atoms with E-state index in [1.54, 1.807) is 7.05 Å². The van der Waals surface area contributed by atoms with E-state index in [0.717, 1.165) is 24.0 Å². The molecule has 0 radical (unpaired) electrons. The Kier molecular flexibility index (Phi) is 8.08. The molecule has 0 bridgehead atoms. The first-order chi connectivity index (χ1) is 12.2. The van der Waals surface area contributed by atoms with Crippen LogP contribution in [0, 0.1) is 0 Å². The molecule has 0 saturated carbocycles. The molecule has 7 nitrogen and oxygen atoms in total. The van der Waals surface area contributed by atoms with Gasteiger partial charge in [0, 0.05) is 31.9 Å². The molecule has 1 saturated heterocycles. The molecule has 8 heteroatoms. The lowest BCUT2D eigenvalue weighted by atomic mass is 10.0. The molecule has 0 aliphatic carbocycles. The lowest BCUT2D eigenvalue weighted by Crippen LogP contribution is -2.50. The highest BCUT2D eigenvalue weighted by Gasteiger charge is 2.23. The largest absolute Gasteiger partial charge is 0.355 e. The van der Waals surface area contributed by atoms with Gasteiger partial charge in [-0.3, -0.25) is 14.3 Å². The number of hydrogen-bond donors (Lipinski definition) is 2. The van der Waals surface area contributed by atoms with Gasteiger partial charge in [-0.15, -0.1) is 34.2 Å². The molecule has 2 N–H and O–H groups in total. The van der Waals surface area contributed by atoms with Gasteiger partial charge in [-0.05, 0) is 45.4 Å². The first-order valence-electron chi connectivity index (χ1n) is 9.18. The third-order valence-electron chi connectivity index (χ3n) is 5.01. The number of nitrogens with zero attached hydrogens (tertiary/aromatic N) is 5. The smallest absolute Gasteiger partial charge is 0.191 e. The summed E-state index contributed by atoms with van der Waals surface area (Å²) in [4.78, 5) is 6.92. The van der Waals surface area contributed by atoms with E-state index in [9.17, 15) is 0 Å². The molecule has 2 aromatic heterocycles. The molecular weight excluding hydrogens is 441 g/mol. The zero-order chi connectivity index (χ0) is 17.6. The molecule has 0 amide bonds. The van der Waals surface area contributed by atoms with E-state index in [1.807, 2.05) is 28.8 Å². The van der Waals surface area contributed by atoms with Gasteiger partial charge in [0.2, 0.25) is 0 Å². The standard InChI is InChI=1S/C18H29N7.HI/c1-14-8-4-6-10-24(14)15(2)12-20-18(19-3)21-13-17-23-22-16-9-5-7-11-25(16)17;/h5,7,9,11,14-15H,4,6,8,10,12-13H2,1-3H3,(H2,19,20,21);1H. The second-order valence-electron chi connectivity index (χ2n) is 6.78. The zero-order valence-electron chi connectivity index (χ0n) is 15.9. The van der Waals surface area contributed by atoms with Gasteiger partial charge in [-0.2, -0.15) is 0 Å². The van der Waals surface area contributed by atoms with Crippen LogP contribution in [0.5, 0.6) is 0 Å². The van der Waals surface area contributed by atoms with Crippen LogP contribution < -0.4 is 10.6 Å². The molecule has 26 heavy (non-hydrogen) atoms. The van der Waals surface area contributed by atoms with Crippen LogP contribution in [0.2, 0.25) is 0 Å². The molecule has 2 aromatic rings. The Morgan fingerprint density at radius 3 is 2.92 bits per heavy atom. The Morgan fingerprint density at radius 1 is 1.31 bits per heavy atom. The lowest BCUT2D eigenvalue weighted by molar-refractivity contribution is 0.115. The van der Waals surface area contributed by atoms with Crippen LogP contribution in [0.25, 0.3) is 5.65 Å². The minimum Gasteiger partial charge on any atom is -0.355 e. The molecule has 3 heterocycles. The monoisotopic (exact) mass is 471 g/mol. The van der Waals surface area contributed by atoms with Gasteiger partial charge in [0.1, 0.15) is 0 Å². The number of aromatic nitrogens is 3. The third kappa shape index (κ3) is 5.06. The Morgan fingerprint density at radius 2 is 2.15 bits per heavy atom. The van der Waals surface area contributed by atoms with Gasteiger partial charge in [0.15, 0.2) is 17.4 Å². The van der Waals surface area contributed by atoms with Gasteiger partial charge >= 0.3 is 0 Å². The van der Waals surface area contributed by atoms with Gasteiger partial charge in [-0.1, -0.05) is 12.5 Å². The summed E-state index contributed by atoms with van der Waals surface area (Å²) in [5.74, 6) is 1.67. The Labute approximate surface area is 172 Å². The van der Waals surface area contributed by atoms with Crippen molar-refractivity contribution in [3.8, 4) is 0 Å². The highest BCUT2D eigenvalue weighted by Crippen LogP contribution is 2.18. The van der Waals surface area contributed by atoms with Crippen molar-refractivity contribution in [3.05, 3.63) is 30.2 Å². The SMILES string of the molecule is CN=C(NCc1nnc2ccccn12)NCC(C)N1CCCCC1C.I. The predicted octanol–water partition coefficient (Wildman–Crippen LogP) is 2.28. The Hall–Kier alpha value is -1.42. The summed E-state index contributed by atoms with van der Waals surface area (Å²) in [6.07, 6.45) is 5.94. The van der Waals surface area contributed by atoms with Crippen molar-refractivity contribution in [1.82, 2.24) is 30.1 Å². The number of nitrogens with one attached hydrogen (secondary N) is 2. The summed E-state index contributed by atoms with van der Waals surface area (Å²) in [5.41, 5.74) is 0.856. The number of pyridine rings is 1. The van der Waals surface area contributed by atoms with Crippen LogP contribution in [0.4, 0.5) is 0 Å². The van der Waals surface area contributed by atoms with Crippen LogP contribution in [-0.4, -0.2) is 57.7 Å². The second-order valence-corrected chi connectivity index (χ2v) is 6.78. The van der Waals surface area contributed by atoms with Crippen LogP contribution in [0.1, 0.15) is 38.9 Å². The van der Waals surface area contributed by atoms with Gasteiger partial charge in [0.25, 0.3) is 0 Å². The number of aliphatic imine (C=N–C) groups is 1. The molecule has 144 valence electrons. The molecule has 0 spiro atoms. The number of fused-ring (bicyclic) bond motifs is 1. The molecule has 1 fully saturated rings. The summed E-state index contributed by atoms with van der Waals surface area (Å²) in [6, 6.07) is 7.05. The second kappa shape index (κ2) is 10.1. The topological polar surface area (TPSA) is 69.8 Å². The summed E-state index contributed by atoms with van der Waals surface area (Å²) in [6.45, 7) is 7.28. The molecule has 2 atom stereocenters. The summed E-state index contributed by atoms with van der Waals surface area (Å²) >= 11 is 0. The zero-order valence-corrected chi connectivity index (χ0v) is 18.2. The fraction of sp³-hybridized carbons (Fsp3) is 0.611. The average molecular weight is 471 g/mol. The number of hydrogen-bond acceptors (Lipinski definition) is 4. The first kappa shape index (κ1) is 20.9. The van der Waals surface area contributed by atoms with E-state index in [-0.39, 0.29) is 24.0 Å². The van der Waals surface area contributed by atoms with E-state index in [2.05, 4.69) is 44.6 Å². The van der Waals surface area contributed by atoms with E-state index < -0.39 is 0 Å². The predicted molar refractivity (Wildman–Crippen MR) is 116 cm³/mol. The van der Waals surface area contributed by atoms with Crippen molar-refractivity contribution in [2.75, 3.05) is 20.1 Å². The number of likely N-dealkylation sites (tertiary alicyclic amines) is 1. The van der Waals surface area contributed by atoms with Crippen LogP contribution in [-0.2, 0) is 6.54 Å². The number of piperidine rings is 1. The van der Waals surface area contributed by atoms with Crippen molar-refractivity contribution < 1.29 is 0 Å². The van der Waals surface area contributed by atoms with Gasteiger partial charge < -0.3 is 10.6 Å². The maximum Gasteiger partial charge on any atom is 0.191 e. The molecule has 1 aliphatic rings. The lowest BCUT2D eigenvalue weighted by Gasteiger charge is -2.38. The number of rotatable bonds is 5. The molecule has 1 aliphatic heterocycles. The normalized spacial score (nSPS) is 19.8. The summed E-state index contributed by atoms with van der Waals surface area (Å²) < 4.78 is 1.98. The summed E-state index contributed by atoms with van der Waals surface area (Å²) in [7, 11) is 1.80. The molecule has 3 rings (SSSR count). The number of guanidine groups is 1. The fourth-order valence-corrected chi connectivity index (χ4v) is 3.53. The van der Waals surface area contributed by atoms with Gasteiger partial charge in [-0.25, -0.2) is 0 Å². The van der Waals surface area contributed by atoms with Crippen LogP contribution in [0.3, 0.4) is 0 Å². The molecule has 0 aromatic carbocycles. The van der Waals surface area contributed by atoms with Crippen LogP contribution in [0.15, 0.2) is 29.4 Å². The highest BCUT2D eigenvalue weighted by atomic mass is 127. The Bertz CT molecular complexity index is 714. The maximum absolute atomic E-state index is 4.32. The minimum absolute atomic E-state index is 0. The molecule has 2 unspecified atom stereocenters. The molecular formula is C18H30IN7. The summed E-state index contributed by atoms with van der Waals surface area (Å²) in [5, 5.41) is 15.2. The minimum atomic E-state index is 0. The quantitative estimate of drug-likeness (QED) is 0.398. The maximum atomic E-state index is 4.32. The van der Waals surface area contributed by atoms with Crippen molar-refractivity contribution >= 4 is 35.6 Å². The van der Waals surface area contributed by atoms with Gasteiger partial charge in [0.05, 0.1) is 6.54 Å². The Balaban J connectivity index is 0.00000243. The van der Waals surface area contributed by atoms with Crippen molar-refractivity contribution in [1.29, 1.82) is 0 Å². The van der Waals surface area contributed by atoms with E-state index in [1.165, 1.54) is 25.8 Å². The highest BCUT2D eigenvalue weighted by molar-refractivity contribution is 14.0. The van der Waals surface area contributed by atoms with Crippen molar-refractivity contribution in [3.63, 3.8) is 0 Å². The average Bonchev–Trinajstić information content (AvgIpc) is 3.05. The number of halogens is 1. The van der Waals surface area contributed by atoms with E-state index >= 15 is 0 Å². The van der Waals surface area contributed by atoms with Crippen molar-refractivity contribution in [2.45, 2.75) is 51.7 Å².